The van der Waals surface area contributed by atoms with Crippen LogP contribution in [0, 0.1) is 6.92 Å². The summed E-state index contributed by atoms with van der Waals surface area (Å²) < 4.78 is 30.3. The average Bonchev–Trinajstić information content (AvgIpc) is 2.96. The predicted molar refractivity (Wildman–Crippen MR) is 86.1 cm³/mol. The minimum Gasteiger partial charge on any atom is -0.435 e. The largest absolute Gasteiger partial charge is 0.435 e. The summed E-state index contributed by atoms with van der Waals surface area (Å²) in [5.41, 5.74) is 1.50. The highest BCUT2D eigenvalue weighted by Gasteiger charge is 2.28. The van der Waals surface area contributed by atoms with E-state index in [-0.39, 0.29) is 17.7 Å². The Kier molecular flexibility index (Phi) is 4.93. The van der Waals surface area contributed by atoms with Gasteiger partial charge in [-0.25, -0.2) is 4.68 Å². The molecule has 0 bridgehead atoms. The lowest BCUT2D eigenvalue weighted by Crippen LogP contribution is -2.52. The standard InChI is InChI=1S/C16H19F2N5O2/c1-10-9-19-7-8-22(10)15(24)14-11(2)23(21-20-14)12-3-5-13(6-4-12)25-16(17)18/h3-6,10,16,19H,7-9H2,1-2H3/t10-/m0/s1. The van der Waals surface area contributed by atoms with Crippen molar-refractivity contribution < 1.29 is 18.3 Å². The van der Waals surface area contributed by atoms with Crippen LogP contribution in [-0.2, 0) is 0 Å². The molecule has 9 heteroatoms. The lowest BCUT2D eigenvalue weighted by Gasteiger charge is -2.33. The molecule has 1 saturated heterocycles. The summed E-state index contributed by atoms with van der Waals surface area (Å²) in [6.07, 6.45) is 0. The van der Waals surface area contributed by atoms with Gasteiger partial charge in [0.2, 0.25) is 0 Å². The van der Waals surface area contributed by atoms with E-state index < -0.39 is 6.61 Å². The number of carbonyl (C=O) groups excluding carboxylic acids is 1. The third-order valence-corrected chi connectivity index (χ3v) is 4.17. The first-order valence-electron chi connectivity index (χ1n) is 7.96. The quantitative estimate of drug-likeness (QED) is 0.906. The molecule has 0 saturated carbocycles. The van der Waals surface area contributed by atoms with Crippen molar-refractivity contribution in [3.63, 3.8) is 0 Å². The summed E-state index contributed by atoms with van der Waals surface area (Å²) in [6, 6.07) is 6.09. The number of hydrogen-bond acceptors (Lipinski definition) is 5. The number of hydrogen-bond donors (Lipinski definition) is 1. The summed E-state index contributed by atoms with van der Waals surface area (Å²) in [6.45, 7) is 2.96. The second kappa shape index (κ2) is 7.14. The molecule has 2 heterocycles. The second-order valence-corrected chi connectivity index (χ2v) is 5.86. The Bertz CT molecular complexity index is 747. The highest BCUT2D eigenvalue weighted by molar-refractivity contribution is 5.93. The molecule has 1 fully saturated rings. The van der Waals surface area contributed by atoms with Crippen molar-refractivity contribution in [3.8, 4) is 11.4 Å². The third-order valence-electron chi connectivity index (χ3n) is 4.17. The maximum atomic E-state index is 12.7. The number of piperazine rings is 1. The third kappa shape index (κ3) is 3.60. The molecule has 0 unspecified atom stereocenters. The minimum atomic E-state index is -2.87. The van der Waals surface area contributed by atoms with E-state index in [1.807, 2.05) is 6.92 Å². The van der Waals surface area contributed by atoms with E-state index in [1.165, 1.54) is 16.8 Å². The predicted octanol–water partition coefficient (Wildman–Crippen LogP) is 1.61. The van der Waals surface area contributed by atoms with Crippen LogP contribution in [-0.4, -0.2) is 58.1 Å². The van der Waals surface area contributed by atoms with Crippen LogP contribution >= 0.6 is 0 Å². The summed E-state index contributed by atoms with van der Waals surface area (Å²) in [4.78, 5) is 14.5. The van der Waals surface area contributed by atoms with Crippen molar-refractivity contribution in [2.24, 2.45) is 0 Å². The number of alkyl halides is 2. The Morgan fingerprint density at radius 2 is 2.08 bits per heavy atom. The van der Waals surface area contributed by atoms with Gasteiger partial charge < -0.3 is 15.0 Å². The summed E-state index contributed by atoms with van der Waals surface area (Å²) in [5, 5.41) is 11.3. The van der Waals surface area contributed by atoms with Crippen molar-refractivity contribution in [2.45, 2.75) is 26.5 Å². The van der Waals surface area contributed by atoms with E-state index in [1.54, 1.807) is 24.0 Å². The number of nitrogens with zero attached hydrogens (tertiary/aromatic N) is 4. The molecule has 7 nitrogen and oxygen atoms in total. The Morgan fingerprint density at radius 1 is 1.36 bits per heavy atom. The van der Waals surface area contributed by atoms with Crippen molar-refractivity contribution in [1.82, 2.24) is 25.2 Å². The first-order valence-corrected chi connectivity index (χ1v) is 7.96. The van der Waals surface area contributed by atoms with Crippen molar-refractivity contribution in [2.75, 3.05) is 19.6 Å². The molecule has 3 rings (SSSR count). The van der Waals surface area contributed by atoms with Crippen LogP contribution in [0.2, 0.25) is 0 Å². The second-order valence-electron chi connectivity index (χ2n) is 5.86. The first-order chi connectivity index (χ1) is 12.0. The SMILES string of the molecule is Cc1c(C(=O)N2CCNC[C@@H]2C)nnn1-c1ccc(OC(F)F)cc1. The molecule has 1 aliphatic heterocycles. The highest BCUT2D eigenvalue weighted by atomic mass is 19.3. The maximum absolute atomic E-state index is 12.7. The van der Waals surface area contributed by atoms with Gasteiger partial charge in [0.25, 0.3) is 5.91 Å². The Hall–Kier alpha value is -2.55. The highest BCUT2D eigenvalue weighted by Crippen LogP contribution is 2.19. The van der Waals surface area contributed by atoms with Gasteiger partial charge in [0.05, 0.1) is 11.4 Å². The van der Waals surface area contributed by atoms with Crippen LogP contribution in [0.15, 0.2) is 24.3 Å². The van der Waals surface area contributed by atoms with E-state index >= 15 is 0 Å². The summed E-state index contributed by atoms with van der Waals surface area (Å²) >= 11 is 0. The number of benzene rings is 1. The molecule has 0 spiro atoms. The van der Waals surface area contributed by atoms with Gasteiger partial charge in [0, 0.05) is 25.7 Å². The number of carbonyl (C=O) groups is 1. The molecule has 1 aromatic carbocycles. The van der Waals surface area contributed by atoms with Gasteiger partial charge in [0.15, 0.2) is 5.69 Å². The number of halogens is 2. The monoisotopic (exact) mass is 351 g/mol. The van der Waals surface area contributed by atoms with Gasteiger partial charge in [0.1, 0.15) is 5.75 Å². The number of rotatable bonds is 4. The fourth-order valence-corrected chi connectivity index (χ4v) is 2.82. The van der Waals surface area contributed by atoms with E-state index in [9.17, 15) is 13.6 Å². The zero-order chi connectivity index (χ0) is 18.0. The summed E-state index contributed by atoms with van der Waals surface area (Å²) in [5.74, 6) is -0.0992. The van der Waals surface area contributed by atoms with Crippen molar-refractivity contribution in [1.29, 1.82) is 0 Å². The molecule has 2 aromatic rings. The fraction of sp³-hybridized carbons (Fsp3) is 0.438. The zero-order valence-electron chi connectivity index (χ0n) is 13.9. The maximum Gasteiger partial charge on any atom is 0.387 e. The lowest BCUT2D eigenvalue weighted by molar-refractivity contribution is -0.0498. The molecular formula is C16H19F2N5O2. The average molecular weight is 351 g/mol. The molecular weight excluding hydrogens is 332 g/mol. The van der Waals surface area contributed by atoms with E-state index in [0.29, 0.717) is 23.6 Å². The molecule has 1 N–H and O–H groups in total. The topological polar surface area (TPSA) is 72.3 Å². The molecule has 0 aliphatic carbocycles. The van der Waals surface area contributed by atoms with E-state index in [4.69, 9.17) is 0 Å². The van der Waals surface area contributed by atoms with Crippen LogP contribution in [0.25, 0.3) is 5.69 Å². The van der Waals surface area contributed by atoms with Crippen LogP contribution < -0.4 is 10.1 Å². The van der Waals surface area contributed by atoms with Gasteiger partial charge in [-0.2, -0.15) is 8.78 Å². The Morgan fingerprint density at radius 3 is 2.72 bits per heavy atom. The van der Waals surface area contributed by atoms with Gasteiger partial charge in [-0.05, 0) is 38.1 Å². The molecule has 1 atom stereocenters. The fourth-order valence-electron chi connectivity index (χ4n) is 2.82. The Labute approximate surface area is 143 Å². The van der Waals surface area contributed by atoms with E-state index in [0.717, 1.165) is 13.1 Å². The van der Waals surface area contributed by atoms with Gasteiger partial charge in [-0.1, -0.05) is 5.21 Å². The lowest BCUT2D eigenvalue weighted by atomic mass is 10.2. The van der Waals surface area contributed by atoms with E-state index in [2.05, 4.69) is 20.4 Å². The molecule has 134 valence electrons. The Balaban J connectivity index is 1.82. The van der Waals surface area contributed by atoms with Gasteiger partial charge in [-0.3, -0.25) is 4.79 Å². The number of aromatic nitrogens is 3. The molecule has 25 heavy (non-hydrogen) atoms. The molecule has 1 amide bonds. The molecule has 1 aromatic heterocycles. The first kappa shape index (κ1) is 17.3. The van der Waals surface area contributed by atoms with Crippen molar-refractivity contribution in [3.05, 3.63) is 35.7 Å². The van der Waals surface area contributed by atoms with Crippen molar-refractivity contribution >= 4 is 5.91 Å². The zero-order valence-corrected chi connectivity index (χ0v) is 13.9. The van der Waals surface area contributed by atoms with Gasteiger partial charge >= 0.3 is 6.61 Å². The van der Waals surface area contributed by atoms with Crippen LogP contribution in [0.1, 0.15) is 23.1 Å². The number of amides is 1. The number of nitrogens with one attached hydrogen (secondary N) is 1. The smallest absolute Gasteiger partial charge is 0.387 e. The minimum absolute atomic E-state index is 0.0578. The normalized spacial score (nSPS) is 17.8. The molecule has 1 aliphatic rings. The van der Waals surface area contributed by atoms with Crippen LogP contribution in [0.4, 0.5) is 8.78 Å². The van der Waals surface area contributed by atoms with Gasteiger partial charge in [-0.15, -0.1) is 5.10 Å². The van der Waals surface area contributed by atoms with Crippen LogP contribution in [0.3, 0.4) is 0 Å². The van der Waals surface area contributed by atoms with Crippen LogP contribution in [0.5, 0.6) is 5.75 Å². The summed E-state index contributed by atoms with van der Waals surface area (Å²) in [7, 11) is 0. The molecule has 0 radical (unpaired) electrons. The number of ether oxygens (including phenoxy) is 1.